The summed E-state index contributed by atoms with van der Waals surface area (Å²) in [6.45, 7) is 2.36. The minimum Gasteiger partial charge on any atom is -0.494 e. The first-order chi connectivity index (χ1) is 13.3. The predicted molar refractivity (Wildman–Crippen MR) is 98.8 cm³/mol. The molecule has 7 heteroatoms. The van der Waals surface area contributed by atoms with Gasteiger partial charge in [0, 0.05) is 11.3 Å². The van der Waals surface area contributed by atoms with Crippen molar-refractivity contribution in [3.8, 4) is 34.2 Å². The van der Waals surface area contributed by atoms with Gasteiger partial charge in [-0.1, -0.05) is 12.1 Å². The van der Waals surface area contributed by atoms with Gasteiger partial charge in [-0.15, -0.1) is 0 Å². The van der Waals surface area contributed by atoms with Gasteiger partial charge in [-0.3, -0.25) is 4.79 Å². The quantitative estimate of drug-likeness (QED) is 0.689. The van der Waals surface area contributed by atoms with Crippen LogP contribution >= 0.6 is 0 Å². The van der Waals surface area contributed by atoms with Crippen LogP contribution in [0, 0.1) is 11.3 Å². The summed E-state index contributed by atoms with van der Waals surface area (Å²) in [7, 11) is 0. The number of hydrogen-bond donors (Lipinski definition) is 1. The van der Waals surface area contributed by atoms with Crippen molar-refractivity contribution in [2.24, 2.45) is 0 Å². The first kappa shape index (κ1) is 19.2. The van der Waals surface area contributed by atoms with Crippen molar-refractivity contribution in [2.75, 3.05) is 6.61 Å². The highest BCUT2D eigenvalue weighted by Gasteiger charge is 2.30. The molecular weight excluding hydrogens is 369 g/mol. The van der Waals surface area contributed by atoms with Gasteiger partial charge in [-0.25, -0.2) is 0 Å². The van der Waals surface area contributed by atoms with E-state index in [1.807, 2.05) is 6.92 Å². The van der Waals surface area contributed by atoms with Crippen LogP contribution in [0.25, 0.3) is 22.4 Å². The van der Waals surface area contributed by atoms with Gasteiger partial charge < -0.3 is 9.72 Å². The second kappa shape index (κ2) is 7.61. The number of pyridine rings is 1. The van der Waals surface area contributed by atoms with E-state index in [4.69, 9.17) is 4.74 Å². The normalized spacial score (nSPS) is 11.1. The molecule has 0 aliphatic carbocycles. The number of halogens is 3. The minimum absolute atomic E-state index is 0.140. The topological polar surface area (TPSA) is 65.9 Å². The summed E-state index contributed by atoms with van der Waals surface area (Å²) >= 11 is 0. The van der Waals surface area contributed by atoms with Gasteiger partial charge >= 0.3 is 6.18 Å². The minimum atomic E-state index is -4.53. The number of H-pyrrole nitrogens is 1. The van der Waals surface area contributed by atoms with Crippen molar-refractivity contribution in [1.82, 2.24) is 4.98 Å². The number of nitrogens with zero attached hydrogens (tertiary/aromatic N) is 1. The second-order valence-corrected chi connectivity index (χ2v) is 5.95. The van der Waals surface area contributed by atoms with Crippen molar-refractivity contribution >= 4 is 0 Å². The molecule has 1 heterocycles. The van der Waals surface area contributed by atoms with Gasteiger partial charge in [0.2, 0.25) is 0 Å². The third-order valence-electron chi connectivity index (χ3n) is 4.12. The monoisotopic (exact) mass is 384 g/mol. The van der Waals surface area contributed by atoms with Gasteiger partial charge in [-0.05, 0) is 60.5 Å². The largest absolute Gasteiger partial charge is 0.494 e. The molecule has 0 atom stereocenters. The zero-order chi connectivity index (χ0) is 20.3. The Morgan fingerprint density at radius 2 is 1.79 bits per heavy atom. The molecule has 1 N–H and O–H groups in total. The maximum Gasteiger partial charge on any atom is 0.416 e. The number of nitrogens with one attached hydrogen (secondary N) is 1. The summed E-state index contributed by atoms with van der Waals surface area (Å²) in [5.74, 6) is 0.653. The maximum absolute atomic E-state index is 13.0. The molecule has 0 aliphatic heterocycles. The number of aromatic nitrogens is 1. The summed E-state index contributed by atoms with van der Waals surface area (Å²) in [6, 6.07) is 14.7. The van der Waals surface area contributed by atoms with Crippen LogP contribution in [0.1, 0.15) is 18.1 Å². The Hall–Kier alpha value is -3.53. The van der Waals surface area contributed by atoms with E-state index < -0.39 is 17.3 Å². The Balaban J connectivity index is 2.14. The van der Waals surface area contributed by atoms with E-state index in [1.54, 1.807) is 30.3 Å². The van der Waals surface area contributed by atoms with E-state index >= 15 is 0 Å². The Labute approximate surface area is 158 Å². The lowest BCUT2D eigenvalue weighted by Crippen LogP contribution is -2.13. The van der Waals surface area contributed by atoms with E-state index in [0.29, 0.717) is 23.6 Å². The number of alkyl halides is 3. The number of nitriles is 1. The van der Waals surface area contributed by atoms with E-state index in [1.165, 1.54) is 18.2 Å². The fourth-order valence-corrected chi connectivity index (χ4v) is 2.81. The van der Waals surface area contributed by atoms with Crippen LogP contribution in [0.4, 0.5) is 13.2 Å². The second-order valence-electron chi connectivity index (χ2n) is 5.95. The molecule has 0 fully saturated rings. The fraction of sp³-hybridized carbons (Fsp3) is 0.143. The SMILES string of the molecule is CCOc1ccc(-c2cc(-c3cccc(C(F)(F)F)c3)c(C#N)c(=O)[nH]2)cc1. The number of ether oxygens (including phenoxy) is 1. The van der Waals surface area contributed by atoms with E-state index in [9.17, 15) is 23.2 Å². The number of benzene rings is 2. The molecule has 0 saturated carbocycles. The molecular formula is C21H15F3N2O2. The molecule has 28 heavy (non-hydrogen) atoms. The van der Waals surface area contributed by atoms with Gasteiger partial charge in [0.05, 0.1) is 12.2 Å². The van der Waals surface area contributed by atoms with Crippen molar-refractivity contribution in [1.29, 1.82) is 5.26 Å². The van der Waals surface area contributed by atoms with Crippen LogP contribution < -0.4 is 10.3 Å². The summed E-state index contributed by atoms with van der Waals surface area (Å²) in [4.78, 5) is 15.0. The molecule has 4 nitrogen and oxygen atoms in total. The molecule has 0 aliphatic rings. The lowest BCUT2D eigenvalue weighted by Gasteiger charge is -2.11. The van der Waals surface area contributed by atoms with Gasteiger partial charge in [0.15, 0.2) is 0 Å². The lowest BCUT2D eigenvalue weighted by atomic mass is 9.97. The highest BCUT2D eigenvalue weighted by molar-refractivity contribution is 5.75. The van der Waals surface area contributed by atoms with Crippen LogP contribution in [0.3, 0.4) is 0 Å². The van der Waals surface area contributed by atoms with Gasteiger partial charge in [0.25, 0.3) is 5.56 Å². The third-order valence-corrected chi connectivity index (χ3v) is 4.12. The molecule has 0 bridgehead atoms. The Kier molecular flexibility index (Phi) is 5.23. The fourth-order valence-electron chi connectivity index (χ4n) is 2.81. The number of hydrogen-bond acceptors (Lipinski definition) is 3. The molecule has 0 spiro atoms. The first-order valence-electron chi connectivity index (χ1n) is 8.41. The molecule has 0 radical (unpaired) electrons. The Bertz CT molecular complexity index is 1090. The van der Waals surface area contributed by atoms with E-state index in [0.717, 1.165) is 12.1 Å². The zero-order valence-electron chi connectivity index (χ0n) is 14.8. The van der Waals surface area contributed by atoms with Crippen LogP contribution in [-0.4, -0.2) is 11.6 Å². The average Bonchev–Trinajstić information content (AvgIpc) is 2.67. The van der Waals surface area contributed by atoms with Gasteiger partial charge in [-0.2, -0.15) is 18.4 Å². The van der Waals surface area contributed by atoms with Gasteiger partial charge in [0.1, 0.15) is 17.4 Å². The molecule has 3 rings (SSSR count). The zero-order valence-corrected chi connectivity index (χ0v) is 14.8. The number of rotatable bonds is 4. The molecule has 1 aromatic heterocycles. The summed E-state index contributed by atoms with van der Waals surface area (Å²) in [5, 5.41) is 9.34. The van der Waals surface area contributed by atoms with Crippen molar-refractivity contribution in [3.63, 3.8) is 0 Å². The standard InChI is InChI=1S/C21H15F3N2O2/c1-2-28-16-8-6-13(7-9-16)19-11-17(18(12-25)20(27)26-19)14-4-3-5-15(10-14)21(22,23)24/h3-11H,2H2,1H3,(H,26,27). The third kappa shape index (κ3) is 3.91. The summed E-state index contributed by atoms with van der Waals surface area (Å²) in [6.07, 6.45) is -4.53. The summed E-state index contributed by atoms with van der Waals surface area (Å²) in [5.41, 5.74) is -0.448. The van der Waals surface area contributed by atoms with Crippen LogP contribution in [-0.2, 0) is 6.18 Å². The van der Waals surface area contributed by atoms with Crippen LogP contribution in [0.2, 0.25) is 0 Å². The predicted octanol–water partition coefficient (Wildman–Crippen LogP) is 5.00. The average molecular weight is 384 g/mol. The molecule has 3 aromatic rings. The van der Waals surface area contributed by atoms with E-state index in [-0.39, 0.29) is 16.7 Å². The van der Waals surface area contributed by atoms with Crippen LogP contribution in [0.15, 0.2) is 59.4 Å². The smallest absolute Gasteiger partial charge is 0.416 e. The molecule has 2 aromatic carbocycles. The van der Waals surface area contributed by atoms with Crippen molar-refractivity contribution in [2.45, 2.75) is 13.1 Å². The number of aromatic amines is 1. The maximum atomic E-state index is 13.0. The van der Waals surface area contributed by atoms with E-state index in [2.05, 4.69) is 4.98 Å². The van der Waals surface area contributed by atoms with Crippen molar-refractivity contribution in [3.05, 3.63) is 76.1 Å². The molecule has 0 amide bonds. The lowest BCUT2D eigenvalue weighted by molar-refractivity contribution is -0.137. The Morgan fingerprint density at radius 3 is 2.39 bits per heavy atom. The molecule has 142 valence electrons. The highest BCUT2D eigenvalue weighted by atomic mass is 19.4. The van der Waals surface area contributed by atoms with Crippen LogP contribution in [0.5, 0.6) is 5.75 Å². The molecule has 0 saturated heterocycles. The summed E-state index contributed by atoms with van der Waals surface area (Å²) < 4.78 is 44.5. The Morgan fingerprint density at radius 1 is 1.07 bits per heavy atom. The first-order valence-corrected chi connectivity index (χ1v) is 8.41. The molecule has 0 unspecified atom stereocenters. The highest BCUT2D eigenvalue weighted by Crippen LogP contribution is 2.33. The van der Waals surface area contributed by atoms with Crippen molar-refractivity contribution < 1.29 is 17.9 Å².